The van der Waals surface area contributed by atoms with Gasteiger partial charge in [0.15, 0.2) is 0 Å². The fraction of sp³-hybridized carbons (Fsp3) is 0.250. The lowest BCUT2D eigenvalue weighted by molar-refractivity contribution is -0.121. The first-order valence-corrected chi connectivity index (χ1v) is 8.55. The molecular formula is C20H20FN3O2. The second-order valence-electron chi connectivity index (χ2n) is 6.00. The van der Waals surface area contributed by atoms with Crippen molar-refractivity contribution in [2.45, 2.75) is 32.2 Å². The Labute approximate surface area is 151 Å². The van der Waals surface area contributed by atoms with Gasteiger partial charge in [-0.25, -0.2) is 4.39 Å². The molecule has 0 radical (unpaired) electrons. The molecule has 1 amide bonds. The van der Waals surface area contributed by atoms with Gasteiger partial charge in [-0.3, -0.25) is 4.79 Å². The summed E-state index contributed by atoms with van der Waals surface area (Å²) in [5, 5.41) is 10.8. The number of aromatic nitrogens is 2. The molecule has 3 aromatic rings. The molecule has 0 spiro atoms. The number of carbonyl (C=O) groups excluding carboxylic acids is 1. The maximum absolute atomic E-state index is 13.0. The first-order valence-electron chi connectivity index (χ1n) is 8.55. The first-order chi connectivity index (χ1) is 12.7. The van der Waals surface area contributed by atoms with Crippen molar-refractivity contribution in [3.05, 3.63) is 71.9 Å². The van der Waals surface area contributed by atoms with Gasteiger partial charge in [-0.1, -0.05) is 37.3 Å². The molecule has 26 heavy (non-hydrogen) atoms. The van der Waals surface area contributed by atoms with E-state index in [4.69, 9.17) is 4.42 Å². The molecule has 6 heteroatoms. The van der Waals surface area contributed by atoms with Crippen molar-refractivity contribution in [3.63, 3.8) is 0 Å². The molecule has 0 fully saturated rings. The van der Waals surface area contributed by atoms with Gasteiger partial charge in [0.05, 0.1) is 6.54 Å². The third-order valence-electron chi connectivity index (χ3n) is 4.19. The highest BCUT2D eigenvalue weighted by Gasteiger charge is 2.15. The van der Waals surface area contributed by atoms with Crippen LogP contribution >= 0.6 is 0 Å². The average molecular weight is 353 g/mol. The highest BCUT2D eigenvalue weighted by Crippen LogP contribution is 2.23. The van der Waals surface area contributed by atoms with E-state index in [1.165, 1.54) is 12.1 Å². The van der Waals surface area contributed by atoms with E-state index in [2.05, 4.69) is 15.5 Å². The summed E-state index contributed by atoms with van der Waals surface area (Å²) >= 11 is 0. The van der Waals surface area contributed by atoms with Crippen molar-refractivity contribution < 1.29 is 13.6 Å². The quantitative estimate of drug-likeness (QED) is 0.695. The Balaban J connectivity index is 1.55. The first kappa shape index (κ1) is 17.8. The Bertz CT molecular complexity index is 847. The summed E-state index contributed by atoms with van der Waals surface area (Å²) in [5.41, 5.74) is 1.79. The number of nitrogens with zero attached hydrogens (tertiary/aromatic N) is 2. The monoisotopic (exact) mass is 353 g/mol. The van der Waals surface area contributed by atoms with Crippen LogP contribution in [0.2, 0.25) is 0 Å². The molecule has 134 valence electrons. The summed E-state index contributed by atoms with van der Waals surface area (Å²) in [5.74, 6) is 0.428. The van der Waals surface area contributed by atoms with Crippen LogP contribution in [-0.4, -0.2) is 16.1 Å². The zero-order valence-corrected chi connectivity index (χ0v) is 14.5. The molecule has 0 aliphatic rings. The minimum Gasteiger partial charge on any atom is -0.419 e. The molecule has 1 N–H and O–H groups in total. The maximum Gasteiger partial charge on any atom is 0.247 e. The summed E-state index contributed by atoms with van der Waals surface area (Å²) < 4.78 is 18.6. The van der Waals surface area contributed by atoms with Crippen molar-refractivity contribution in [1.82, 2.24) is 15.5 Å². The number of carbonyl (C=O) groups is 1. The van der Waals surface area contributed by atoms with E-state index in [-0.39, 0.29) is 24.2 Å². The Hall–Kier alpha value is -3.02. The molecule has 2 aromatic carbocycles. The fourth-order valence-electron chi connectivity index (χ4n) is 2.73. The third kappa shape index (κ3) is 4.53. The van der Waals surface area contributed by atoms with E-state index >= 15 is 0 Å². The number of hydrogen-bond donors (Lipinski definition) is 1. The molecule has 0 bridgehead atoms. The Morgan fingerprint density at radius 2 is 1.85 bits per heavy atom. The van der Waals surface area contributed by atoms with Crippen LogP contribution in [0.3, 0.4) is 0 Å². The van der Waals surface area contributed by atoms with Crippen LogP contribution in [0.1, 0.15) is 37.1 Å². The smallest absolute Gasteiger partial charge is 0.247 e. The number of rotatable bonds is 7. The van der Waals surface area contributed by atoms with E-state index < -0.39 is 0 Å². The topological polar surface area (TPSA) is 68.0 Å². The standard InChI is InChI=1S/C20H20FN3O2/c1-2-14(15-8-10-17(21)11-9-15)12-18(25)22-13-19-23-24-20(26-19)16-6-4-3-5-7-16/h3-11,14H,2,12-13H2,1H3,(H,22,25). The molecule has 1 heterocycles. The van der Waals surface area contributed by atoms with Crippen LogP contribution in [0.15, 0.2) is 59.0 Å². The van der Waals surface area contributed by atoms with Gasteiger partial charge >= 0.3 is 0 Å². The molecule has 0 saturated carbocycles. The third-order valence-corrected chi connectivity index (χ3v) is 4.19. The van der Waals surface area contributed by atoms with Crippen LogP contribution in [0.5, 0.6) is 0 Å². The summed E-state index contributed by atoms with van der Waals surface area (Å²) in [6.07, 6.45) is 1.11. The van der Waals surface area contributed by atoms with E-state index in [1.807, 2.05) is 37.3 Å². The van der Waals surface area contributed by atoms with Crippen LogP contribution < -0.4 is 5.32 Å². The molecule has 3 rings (SSSR count). The number of benzene rings is 2. The SMILES string of the molecule is CCC(CC(=O)NCc1nnc(-c2ccccc2)o1)c1ccc(F)cc1. The second kappa shape index (κ2) is 8.38. The highest BCUT2D eigenvalue weighted by molar-refractivity contribution is 5.76. The van der Waals surface area contributed by atoms with Crippen LogP contribution in [-0.2, 0) is 11.3 Å². The summed E-state index contributed by atoms with van der Waals surface area (Å²) in [4.78, 5) is 12.2. The molecule has 1 unspecified atom stereocenters. The van der Waals surface area contributed by atoms with Gasteiger partial charge in [0.2, 0.25) is 17.7 Å². The van der Waals surface area contributed by atoms with Crippen LogP contribution in [0.25, 0.3) is 11.5 Å². The molecule has 0 aliphatic heterocycles. The summed E-state index contributed by atoms with van der Waals surface area (Å²) in [6.45, 7) is 2.18. The van der Waals surface area contributed by atoms with Gasteiger partial charge in [-0.2, -0.15) is 0 Å². The van der Waals surface area contributed by atoms with Crippen molar-refractivity contribution in [2.24, 2.45) is 0 Å². The predicted molar refractivity (Wildman–Crippen MR) is 95.6 cm³/mol. The van der Waals surface area contributed by atoms with Crippen molar-refractivity contribution in [3.8, 4) is 11.5 Å². The Morgan fingerprint density at radius 1 is 1.12 bits per heavy atom. The molecule has 1 atom stereocenters. The minimum atomic E-state index is -0.279. The van der Waals surface area contributed by atoms with Gasteiger partial charge < -0.3 is 9.73 Å². The van der Waals surface area contributed by atoms with Crippen LogP contribution in [0.4, 0.5) is 4.39 Å². The summed E-state index contributed by atoms with van der Waals surface area (Å²) in [6, 6.07) is 15.7. The number of hydrogen-bond acceptors (Lipinski definition) is 4. The number of amides is 1. The Morgan fingerprint density at radius 3 is 2.54 bits per heavy atom. The molecular weight excluding hydrogens is 333 g/mol. The van der Waals surface area contributed by atoms with Gasteiger partial charge in [0.1, 0.15) is 5.82 Å². The van der Waals surface area contributed by atoms with Gasteiger partial charge in [0, 0.05) is 12.0 Å². The normalized spacial score (nSPS) is 11.9. The molecule has 1 aromatic heterocycles. The Kier molecular flexibility index (Phi) is 5.73. The van der Waals surface area contributed by atoms with Gasteiger partial charge in [-0.05, 0) is 42.2 Å². The number of halogens is 1. The van der Waals surface area contributed by atoms with Gasteiger partial charge in [-0.15, -0.1) is 10.2 Å². The average Bonchev–Trinajstić information content (AvgIpc) is 3.15. The lowest BCUT2D eigenvalue weighted by Gasteiger charge is -2.14. The van der Waals surface area contributed by atoms with E-state index in [9.17, 15) is 9.18 Å². The number of nitrogens with one attached hydrogen (secondary N) is 1. The summed E-state index contributed by atoms with van der Waals surface area (Å²) in [7, 11) is 0. The molecule has 5 nitrogen and oxygen atoms in total. The molecule has 0 saturated heterocycles. The van der Waals surface area contributed by atoms with Crippen molar-refractivity contribution in [1.29, 1.82) is 0 Å². The maximum atomic E-state index is 13.0. The lowest BCUT2D eigenvalue weighted by atomic mass is 9.93. The highest BCUT2D eigenvalue weighted by atomic mass is 19.1. The van der Waals surface area contributed by atoms with Crippen molar-refractivity contribution in [2.75, 3.05) is 0 Å². The van der Waals surface area contributed by atoms with E-state index in [1.54, 1.807) is 12.1 Å². The predicted octanol–water partition coefficient (Wildman–Crippen LogP) is 4.08. The van der Waals surface area contributed by atoms with Crippen LogP contribution in [0, 0.1) is 5.82 Å². The fourth-order valence-corrected chi connectivity index (χ4v) is 2.73. The second-order valence-corrected chi connectivity index (χ2v) is 6.00. The zero-order valence-electron chi connectivity index (χ0n) is 14.5. The minimum absolute atomic E-state index is 0.0400. The van der Waals surface area contributed by atoms with E-state index in [0.29, 0.717) is 18.2 Å². The van der Waals surface area contributed by atoms with E-state index in [0.717, 1.165) is 17.5 Å². The van der Waals surface area contributed by atoms with Gasteiger partial charge in [0.25, 0.3) is 0 Å². The largest absolute Gasteiger partial charge is 0.419 e. The lowest BCUT2D eigenvalue weighted by Crippen LogP contribution is -2.24. The zero-order chi connectivity index (χ0) is 18.4. The molecule has 0 aliphatic carbocycles. The van der Waals surface area contributed by atoms with Crippen molar-refractivity contribution >= 4 is 5.91 Å².